The number of hydrogen-bond donors (Lipinski definition) is 0. The number of fused-ring (bicyclic) bond motifs is 1. The molecule has 0 aliphatic carbocycles. The van der Waals surface area contributed by atoms with Crippen molar-refractivity contribution >= 4 is 27.5 Å². The van der Waals surface area contributed by atoms with Gasteiger partial charge in [-0.05, 0) is 52.9 Å². The molecular weight excluding hydrogens is 328 g/mol. The lowest BCUT2D eigenvalue weighted by molar-refractivity contribution is 0.0972. The van der Waals surface area contributed by atoms with Gasteiger partial charge in [0, 0.05) is 29.4 Å². The molecule has 0 spiro atoms. The van der Waals surface area contributed by atoms with Crippen molar-refractivity contribution < 1.29 is 4.79 Å². The second kappa shape index (κ2) is 5.68. The highest BCUT2D eigenvalue weighted by molar-refractivity contribution is 9.10. The van der Waals surface area contributed by atoms with Crippen molar-refractivity contribution in [1.82, 2.24) is 4.57 Å². The summed E-state index contributed by atoms with van der Waals surface area (Å²) in [5.74, 6) is 0.568. The van der Waals surface area contributed by atoms with E-state index in [0.29, 0.717) is 5.92 Å². The van der Waals surface area contributed by atoms with Crippen molar-refractivity contribution in [1.29, 1.82) is 0 Å². The Morgan fingerprint density at radius 1 is 1.38 bits per heavy atom. The average molecular weight is 347 g/mol. The van der Waals surface area contributed by atoms with Crippen LogP contribution in [-0.2, 0) is 13.0 Å². The van der Waals surface area contributed by atoms with Crippen molar-refractivity contribution in [2.24, 2.45) is 5.92 Å². The number of rotatable bonds is 2. The van der Waals surface area contributed by atoms with Gasteiger partial charge in [0.15, 0.2) is 0 Å². The van der Waals surface area contributed by atoms with E-state index in [1.54, 1.807) is 0 Å². The Morgan fingerprint density at radius 3 is 2.90 bits per heavy atom. The first-order chi connectivity index (χ1) is 10.1. The summed E-state index contributed by atoms with van der Waals surface area (Å²) in [7, 11) is 0. The van der Waals surface area contributed by atoms with Crippen LogP contribution in [0.1, 0.15) is 29.9 Å². The van der Waals surface area contributed by atoms with Crippen LogP contribution in [0.4, 0.5) is 5.69 Å². The monoisotopic (exact) mass is 346 g/mol. The van der Waals surface area contributed by atoms with Crippen molar-refractivity contribution in [3.8, 4) is 0 Å². The first-order valence-corrected chi connectivity index (χ1v) is 8.15. The standard InChI is InChI=1S/C17H19BrN2O/c1-3-19-11-14(18)9-16(19)17(21)20-10-12(2)8-13-6-4-5-7-15(13)20/h4-7,9,11-12H,3,8,10H2,1-2H3. The Hall–Kier alpha value is -1.55. The smallest absolute Gasteiger partial charge is 0.274 e. The molecule has 1 aromatic heterocycles. The van der Waals surface area contributed by atoms with Gasteiger partial charge in [-0.15, -0.1) is 0 Å². The van der Waals surface area contributed by atoms with E-state index in [1.165, 1.54) is 5.56 Å². The minimum Gasteiger partial charge on any atom is -0.343 e. The van der Waals surface area contributed by atoms with Crippen LogP contribution in [0.2, 0.25) is 0 Å². The largest absolute Gasteiger partial charge is 0.343 e. The normalized spacial score (nSPS) is 17.7. The lowest BCUT2D eigenvalue weighted by atomic mass is 9.93. The Labute approximate surface area is 133 Å². The molecule has 2 aromatic rings. The van der Waals surface area contributed by atoms with Crippen LogP contribution in [0.25, 0.3) is 0 Å². The van der Waals surface area contributed by atoms with Crippen LogP contribution in [0, 0.1) is 5.92 Å². The molecule has 1 aromatic carbocycles. The second-order valence-electron chi connectivity index (χ2n) is 5.68. The highest BCUT2D eigenvalue weighted by Crippen LogP contribution is 2.31. The molecule has 4 heteroatoms. The van der Waals surface area contributed by atoms with Gasteiger partial charge in [-0.3, -0.25) is 4.79 Å². The van der Waals surface area contributed by atoms with Crippen molar-refractivity contribution in [2.75, 3.05) is 11.4 Å². The van der Waals surface area contributed by atoms with Gasteiger partial charge < -0.3 is 9.47 Å². The van der Waals surface area contributed by atoms with Gasteiger partial charge in [0.05, 0.1) is 0 Å². The second-order valence-corrected chi connectivity index (χ2v) is 6.60. The van der Waals surface area contributed by atoms with Gasteiger partial charge in [0.25, 0.3) is 5.91 Å². The van der Waals surface area contributed by atoms with Gasteiger partial charge in [-0.25, -0.2) is 0 Å². The molecule has 0 N–H and O–H groups in total. The molecule has 0 fully saturated rings. The summed E-state index contributed by atoms with van der Waals surface area (Å²) < 4.78 is 2.94. The number of amides is 1. The van der Waals surface area contributed by atoms with Crippen molar-refractivity contribution in [3.05, 3.63) is 52.3 Å². The third-order valence-corrected chi connectivity index (χ3v) is 4.45. The van der Waals surface area contributed by atoms with Crippen LogP contribution < -0.4 is 4.90 Å². The highest BCUT2D eigenvalue weighted by Gasteiger charge is 2.28. The molecule has 2 heterocycles. The predicted octanol–water partition coefficient (Wildman–Crippen LogP) is 4.11. The summed E-state index contributed by atoms with van der Waals surface area (Å²) in [4.78, 5) is 14.9. The van der Waals surface area contributed by atoms with Crippen LogP contribution in [0.5, 0.6) is 0 Å². The van der Waals surface area contributed by atoms with E-state index in [1.807, 2.05) is 39.9 Å². The number of carbonyl (C=O) groups excluding carboxylic acids is 1. The number of hydrogen-bond acceptors (Lipinski definition) is 1. The third kappa shape index (κ3) is 2.64. The van der Waals surface area contributed by atoms with Crippen LogP contribution in [0.3, 0.4) is 0 Å². The number of halogens is 1. The molecule has 0 saturated carbocycles. The van der Waals surface area contributed by atoms with Crippen LogP contribution in [0.15, 0.2) is 41.0 Å². The Balaban J connectivity index is 2.02. The molecule has 21 heavy (non-hydrogen) atoms. The summed E-state index contributed by atoms with van der Waals surface area (Å²) >= 11 is 3.47. The summed E-state index contributed by atoms with van der Waals surface area (Å²) in [5.41, 5.74) is 3.06. The number of benzene rings is 1. The van der Waals surface area contributed by atoms with Crippen LogP contribution in [-0.4, -0.2) is 17.0 Å². The number of aryl methyl sites for hydroxylation is 1. The molecule has 3 rings (SSSR count). The summed E-state index contributed by atoms with van der Waals surface area (Å²) in [6, 6.07) is 10.1. The molecule has 1 atom stereocenters. The summed E-state index contributed by atoms with van der Waals surface area (Å²) in [6.45, 7) is 5.82. The Kier molecular flexibility index (Phi) is 3.89. The quantitative estimate of drug-likeness (QED) is 0.803. The topological polar surface area (TPSA) is 25.2 Å². The molecule has 0 radical (unpaired) electrons. The van der Waals surface area contributed by atoms with E-state index in [-0.39, 0.29) is 5.91 Å². The molecule has 110 valence electrons. The fraction of sp³-hybridized carbons (Fsp3) is 0.353. The first-order valence-electron chi connectivity index (χ1n) is 7.35. The molecule has 0 bridgehead atoms. The number of aromatic nitrogens is 1. The van der Waals surface area contributed by atoms with Crippen molar-refractivity contribution in [2.45, 2.75) is 26.8 Å². The minimum absolute atomic E-state index is 0.0848. The molecule has 1 unspecified atom stereocenters. The highest BCUT2D eigenvalue weighted by atomic mass is 79.9. The SMILES string of the molecule is CCn1cc(Br)cc1C(=O)N1CC(C)Cc2ccccc21. The third-order valence-electron chi connectivity index (χ3n) is 4.01. The van der Waals surface area contributed by atoms with Gasteiger partial charge in [0.2, 0.25) is 0 Å². The van der Waals surface area contributed by atoms with E-state index in [4.69, 9.17) is 0 Å². The Bertz CT molecular complexity index is 677. The Morgan fingerprint density at radius 2 is 2.14 bits per heavy atom. The molecule has 1 aliphatic rings. The predicted molar refractivity (Wildman–Crippen MR) is 88.8 cm³/mol. The van der Waals surface area contributed by atoms with Gasteiger partial charge >= 0.3 is 0 Å². The van der Waals surface area contributed by atoms with E-state index < -0.39 is 0 Å². The van der Waals surface area contributed by atoms with E-state index >= 15 is 0 Å². The maximum absolute atomic E-state index is 13.0. The fourth-order valence-corrected chi connectivity index (χ4v) is 3.51. The molecule has 1 amide bonds. The molecule has 1 aliphatic heterocycles. The zero-order chi connectivity index (χ0) is 15.0. The number of anilines is 1. The first kappa shape index (κ1) is 14.4. The summed E-state index contributed by atoms with van der Waals surface area (Å²) in [5, 5.41) is 0. The van der Waals surface area contributed by atoms with E-state index in [9.17, 15) is 4.79 Å². The number of para-hydroxylation sites is 1. The van der Waals surface area contributed by atoms with E-state index in [2.05, 4.69) is 35.8 Å². The zero-order valence-electron chi connectivity index (χ0n) is 12.3. The number of carbonyl (C=O) groups is 1. The van der Waals surface area contributed by atoms with Crippen LogP contribution >= 0.6 is 15.9 Å². The summed E-state index contributed by atoms with van der Waals surface area (Å²) in [6.07, 6.45) is 3.00. The average Bonchev–Trinajstić information content (AvgIpc) is 2.86. The molecule has 3 nitrogen and oxygen atoms in total. The van der Waals surface area contributed by atoms with Gasteiger partial charge in [0.1, 0.15) is 5.69 Å². The molecular formula is C17H19BrN2O. The lowest BCUT2D eigenvalue weighted by Crippen LogP contribution is -2.40. The van der Waals surface area contributed by atoms with Gasteiger partial charge in [-0.2, -0.15) is 0 Å². The maximum atomic E-state index is 13.0. The van der Waals surface area contributed by atoms with E-state index in [0.717, 1.165) is 35.4 Å². The molecule has 0 saturated heterocycles. The minimum atomic E-state index is 0.0848. The maximum Gasteiger partial charge on any atom is 0.274 e. The van der Waals surface area contributed by atoms with Gasteiger partial charge in [-0.1, -0.05) is 25.1 Å². The lowest BCUT2D eigenvalue weighted by Gasteiger charge is -2.33. The number of nitrogens with zero attached hydrogens (tertiary/aromatic N) is 2. The fourth-order valence-electron chi connectivity index (χ4n) is 3.04. The van der Waals surface area contributed by atoms with Crippen molar-refractivity contribution in [3.63, 3.8) is 0 Å². The zero-order valence-corrected chi connectivity index (χ0v) is 13.9.